The summed E-state index contributed by atoms with van der Waals surface area (Å²) in [5.41, 5.74) is 1.32. The summed E-state index contributed by atoms with van der Waals surface area (Å²) in [6.45, 7) is 3.12. The molecule has 0 aliphatic carbocycles. The number of nitrogens with zero attached hydrogens (tertiary/aromatic N) is 2. The topological polar surface area (TPSA) is 69.7 Å². The summed E-state index contributed by atoms with van der Waals surface area (Å²) in [6, 6.07) is 12.7. The van der Waals surface area contributed by atoms with Crippen LogP contribution in [0.3, 0.4) is 0 Å². The molecule has 2 aromatic carbocycles. The van der Waals surface area contributed by atoms with Crippen LogP contribution in [0.5, 0.6) is 0 Å². The zero-order chi connectivity index (χ0) is 21.7. The van der Waals surface area contributed by atoms with Crippen molar-refractivity contribution in [1.82, 2.24) is 15.1 Å². The van der Waals surface area contributed by atoms with Crippen molar-refractivity contribution in [2.24, 2.45) is 0 Å². The van der Waals surface area contributed by atoms with E-state index in [0.29, 0.717) is 25.1 Å². The lowest BCUT2D eigenvalue weighted by Crippen LogP contribution is -2.54. The first-order valence-electron chi connectivity index (χ1n) is 9.79. The number of nitrogens with one attached hydrogen (secondary N) is 1. The third-order valence-electron chi connectivity index (χ3n) is 5.13. The van der Waals surface area contributed by atoms with Crippen molar-refractivity contribution in [3.05, 3.63) is 69.9 Å². The maximum atomic E-state index is 13.0. The molecule has 1 aliphatic heterocycles. The highest BCUT2D eigenvalue weighted by atomic mass is 79.9. The van der Waals surface area contributed by atoms with Crippen LogP contribution < -0.4 is 5.32 Å². The van der Waals surface area contributed by atoms with Crippen LogP contribution in [0.15, 0.2) is 53.0 Å². The van der Waals surface area contributed by atoms with E-state index in [4.69, 9.17) is 0 Å². The molecule has 6 nitrogen and oxygen atoms in total. The van der Waals surface area contributed by atoms with Crippen molar-refractivity contribution >= 4 is 33.7 Å². The highest BCUT2D eigenvalue weighted by Gasteiger charge is 2.29. The lowest BCUT2D eigenvalue weighted by Gasteiger charge is -2.34. The molecule has 158 valence electrons. The van der Waals surface area contributed by atoms with Gasteiger partial charge in [-0.1, -0.05) is 35.0 Å². The fourth-order valence-corrected chi connectivity index (χ4v) is 3.63. The number of hydrogen-bond donors (Lipinski definition) is 1. The van der Waals surface area contributed by atoms with E-state index >= 15 is 0 Å². The molecule has 0 saturated carbocycles. The third-order valence-corrected chi connectivity index (χ3v) is 5.65. The van der Waals surface area contributed by atoms with Gasteiger partial charge in [0.1, 0.15) is 5.82 Å². The first kappa shape index (κ1) is 22.0. The van der Waals surface area contributed by atoms with Gasteiger partial charge in [0.25, 0.3) is 5.91 Å². The average Bonchev–Trinajstić information content (AvgIpc) is 2.77. The first-order chi connectivity index (χ1) is 14.4. The number of piperazine rings is 1. The van der Waals surface area contributed by atoms with Crippen LogP contribution in [0.25, 0.3) is 0 Å². The zero-order valence-electron chi connectivity index (χ0n) is 16.6. The van der Waals surface area contributed by atoms with Crippen molar-refractivity contribution in [2.75, 3.05) is 26.2 Å². The van der Waals surface area contributed by atoms with E-state index in [1.54, 1.807) is 4.90 Å². The Morgan fingerprint density at radius 2 is 1.53 bits per heavy atom. The highest BCUT2D eigenvalue weighted by molar-refractivity contribution is 9.10. The summed E-state index contributed by atoms with van der Waals surface area (Å²) in [5.74, 6) is -1.86. The van der Waals surface area contributed by atoms with Crippen LogP contribution in [0.4, 0.5) is 4.39 Å². The van der Waals surface area contributed by atoms with Gasteiger partial charge in [0.2, 0.25) is 0 Å². The number of rotatable bonds is 4. The molecule has 3 rings (SSSR count). The summed E-state index contributed by atoms with van der Waals surface area (Å²) in [4.78, 5) is 40.6. The molecule has 1 fully saturated rings. The Hall–Kier alpha value is -2.74. The van der Waals surface area contributed by atoms with Crippen molar-refractivity contribution < 1.29 is 18.8 Å². The molecule has 0 bridgehead atoms. The SMILES string of the molecule is CCC(NC(=O)C(=O)N1CCN(C(=O)c2ccc(F)cc2)CC1)c1ccc(Br)cc1. The minimum Gasteiger partial charge on any atom is -0.341 e. The second kappa shape index (κ2) is 9.84. The predicted molar refractivity (Wildman–Crippen MR) is 114 cm³/mol. The van der Waals surface area contributed by atoms with E-state index < -0.39 is 17.6 Å². The number of benzene rings is 2. The molecule has 1 N–H and O–H groups in total. The summed E-state index contributed by atoms with van der Waals surface area (Å²) >= 11 is 3.38. The van der Waals surface area contributed by atoms with Gasteiger partial charge >= 0.3 is 11.8 Å². The Labute approximate surface area is 183 Å². The minimum absolute atomic E-state index is 0.215. The Morgan fingerprint density at radius 3 is 2.10 bits per heavy atom. The van der Waals surface area contributed by atoms with Crippen molar-refractivity contribution in [1.29, 1.82) is 0 Å². The summed E-state index contributed by atoms with van der Waals surface area (Å²) in [5, 5.41) is 2.80. The number of amides is 3. The Balaban J connectivity index is 1.55. The second-order valence-corrected chi connectivity index (χ2v) is 7.99. The number of carbonyl (C=O) groups is 3. The molecular formula is C22H23BrFN3O3. The van der Waals surface area contributed by atoms with Gasteiger partial charge in [0, 0.05) is 36.2 Å². The maximum absolute atomic E-state index is 13.0. The number of hydrogen-bond acceptors (Lipinski definition) is 3. The summed E-state index contributed by atoms with van der Waals surface area (Å²) in [6.07, 6.45) is 0.653. The maximum Gasteiger partial charge on any atom is 0.312 e. The molecule has 1 unspecified atom stereocenters. The Bertz CT molecular complexity index is 910. The second-order valence-electron chi connectivity index (χ2n) is 7.08. The Morgan fingerprint density at radius 1 is 0.967 bits per heavy atom. The summed E-state index contributed by atoms with van der Waals surface area (Å²) < 4.78 is 14.0. The van der Waals surface area contributed by atoms with Crippen LogP contribution in [-0.2, 0) is 9.59 Å². The smallest absolute Gasteiger partial charge is 0.312 e. The molecule has 0 aromatic heterocycles. The lowest BCUT2D eigenvalue weighted by molar-refractivity contribution is -0.147. The molecule has 3 amide bonds. The molecule has 8 heteroatoms. The lowest BCUT2D eigenvalue weighted by atomic mass is 10.0. The third kappa shape index (κ3) is 5.24. The van der Waals surface area contributed by atoms with Gasteiger partial charge < -0.3 is 15.1 Å². The van der Waals surface area contributed by atoms with Gasteiger partial charge in [-0.15, -0.1) is 0 Å². The van der Waals surface area contributed by atoms with Crippen molar-refractivity contribution in [3.63, 3.8) is 0 Å². The molecule has 2 aromatic rings. The van der Waals surface area contributed by atoms with Crippen LogP contribution in [-0.4, -0.2) is 53.7 Å². The molecule has 1 saturated heterocycles. The van der Waals surface area contributed by atoms with Gasteiger partial charge in [-0.2, -0.15) is 0 Å². The molecule has 1 atom stereocenters. The predicted octanol–water partition coefficient (Wildman–Crippen LogP) is 3.14. The van der Waals surface area contributed by atoms with Crippen LogP contribution >= 0.6 is 15.9 Å². The molecular weight excluding hydrogens is 453 g/mol. The molecule has 0 spiro atoms. The normalized spacial score (nSPS) is 14.9. The average molecular weight is 476 g/mol. The summed E-state index contributed by atoms with van der Waals surface area (Å²) in [7, 11) is 0. The van der Waals surface area contributed by atoms with E-state index in [0.717, 1.165) is 10.0 Å². The van der Waals surface area contributed by atoms with Gasteiger partial charge in [-0.25, -0.2) is 4.39 Å². The first-order valence-corrected chi connectivity index (χ1v) is 10.6. The fourth-order valence-electron chi connectivity index (χ4n) is 3.37. The largest absolute Gasteiger partial charge is 0.341 e. The minimum atomic E-state index is -0.650. The van der Waals surface area contributed by atoms with E-state index in [-0.39, 0.29) is 25.0 Å². The van der Waals surface area contributed by atoms with Crippen LogP contribution in [0.2, 0.25) is 0 Å². The van der Waals surface area contributed by atoms with Crippen LogP contribution in [0, 0.1) is 5.82 Å². The van der Waals surface area contributed by atoms with Crippen LogP contribution in [0.1, 0.15) is 35.3 Å². The van der Waals surface area contributed by atoms with Gasteiger partial charge in [0.15, 0.2) is 0 Å². The quantitative estimate of drug-likeness (QED) is 0.690. The van der Waals surface area contributed by atoms with Gasteiger partial charge in [-0.3, -0.25) is 14.4 Å². The van der Waals surface area contributed by atoms with Gasteiger partial charge in [-0.05, 0) is 48.4 Å². The molecule has 1 heterocycles. The highest BCUT2D eigenvalue weighted by Crippen LogP contribution is 2.19. The fraction of sp³-hybridized carbons (Fsp3) is 0.318. The Kier molecular flexibility index (Phi) is 7.20. The monoisotopic (exact) mass is 475 g/mol. The zero-order valence-corrected chi connectivity index (χ0v) is 18.2. The molecule has 0 radical (unpaired) electrons. The molecule has 1 aliphatic rings. The van der Waals surface area contributed by atoms with E-state index in [1.807, 2.05) is 31.2 Å². The van der Waals surface area contributed by atoms with E-state index in [1.165, 1.54) is 29.2 Å². The van der Waals surface area contributed by atoms with E-state index in [9.17, 15) is 18.8 Å². The number of carbonyl (C=O) groups excluding carboxylic acids is 3. The van der Waals surface area contributed by atoms with E-state index in [2.05, 4.69) is 21.2 Å². The van der Waals surface area contributed by atoms with Crippen molar-refractivity contribution in [2.45, 2.75) is 19.4 Å². The number of halogens is 2. The van der Waals surface area contributed by atoms with Gasteiger partial charge in [0.05, 0.1) is 6.04 Å². The molecule has 30 heavy (non-hydrogen) atoms. The standard InChI is InChI=1S/C22H23BrFN3O3/c1-2-19(15-3-7-17(23)8-4-15)25-20(28)22(30)27-13-11-26(12-14-27)21(29)16-5-9-18(24)10-6-16/h3-10,19H,2,11-14H2,1H3,(H,25,28). The van der Waals surface area contributed by atoms with Crippen molar-refractivity contribution in [3.8, 4) is 0 Å².